The van der Waals surface area contributed by atoms with Gasteiger partial charge in [-0.05, 0) is 49.1 Å². The Morgan fingerprint density at radius 1 is 0.957 bits per heavy atom. The monoisotopic (exact) mass is 713 g/mol. The third kappa shape index (κ3) is 5.46. The second kappa shape index (κ2) is 13.5. The van der Waals surface area contributed by atoms with E-state index in [0.29, 0.717) is 6.42 Å². The Kier molecular flexibility index (Phi) is 9.52. The van der Waals surface area contributed by atoms with Crippen LogP contribution >= 0.6 is 27.7 Å². The number of aliphatic hydroxyl groups is 1. The van der Waals surface area contributed by atoms with E-state index >= 15 is 9.59 Å². The van der Waals surface area contributed by atoms with Crippen molar-refractivity contribution in [3.63, 3.8) is 0 Å². The minimum absolute atomic E-state index is 0.0977. The van der Waals surface area contributed by atoms with Gasteiger partial charge in [0.15, 0.2) is 0 Å². The van der Waals surface area contributed by atoms with Crippen molar-refractivity contribution in [3.8, 4) is 0 Å². The molecule has 3 unspecified atom stereocenters. The number of likely N-dealkylation sites (tertiary alicyclic amines) is 1. The zero-order valence-corrected chi connectivity index (χ0v) is 29.1. The quantitative estimate of drug-likeness (QED) is 0.188. The largest absolute Gasteiger partial charge is 0.394 e. The minimum atomic E-state index is -0.936. The van der Waals surface area contributed by atoms with E-state index < -0.39 is 28.7 Å². The number of aliphatic hydroxyl groups excluding tert-OH is 1. The van der Waals surface area contributed by atoms with Crippen LogP contribution in [0.2, 0.25) is 0 Å². The Bertz CT molecular complexity index is 1670. The van der Waals surface area contributed by atoms with Crippen molar-refractivity contribution >= 4 is 56.8 Å². The van der Waals surface area contributed by atoms with Crippen LogP contribution in [-0.4, -0.2) is 68.3 Å². The van der Waals surface area contributed by atoms with Crippen molar-refractivity contribution in [2.24, 2.45) is 11.8 Å². The van der Waals surface area contributed by atoms with E-state index in [0.717, 1.165) is 28.1 Å². The number of benzene rings is 3. The van der Waals surface area contributed by atoms with E-state index in [4.69, 9.17) is 0 Å². The number of hydrogen-bond donors (Lipinski definition) is 1. The van der Waals surface area contributed by atoms with Crippen LogP contribution in [0.25, 0.3) is 0 Å². The number of amides is 3. The molecule has 0 aromatic heterocycles. The fourth-order valence-electron chi connectivity index (χ4n) is 8.03. The molecule has 3 aromatic rings. The number of carbonyl (C=O) groups is 3. The maximum Gasteiger partial charge on any atom is 0.251 e. The summed E-state index contributed by atoms with van der Waals surface area (Å²) in [5, 5.41) is 10.7. The maximum atomic E-state index is 15.3. The van der Waals surface area contributed by atoms with Crippen molar-refractivity contribution in [1.29, 1.82) is 0 Å². The third-order valence-corrected chi connectivity index (χ3v) is 13.1. The number of thioether (sulfide) groups is 1. The highest BCUT2D eigenvalue weighted by Gasteiger charge is 2.76. The molecule has 244 valence electrons. The van der Waals surface area contributed by atoms with Crippen molar-refractivity contribution < 1.29 is 19.5 Å². The number of halogens is 1. The van der Waals surface area contributed by atoms with Gasteiger partial charge in [0.05, 0.1) is 29.2 Å². The molecule has 1 N–H and O–H groups in total. The molecule has 3 aliphatic rings. The highest BCUT2D eigenvalue weighted by atomic mass is 79.9. The fraction of sp³-hybridized carbons (Fsp3) is 0.342. The van der Waals surface area contributed by atoms with Crippen LogP contribution in [-0.2, 0) is 14.4 Å². The van der Waals surface area contributed by atoms with Crippen LogP contribution in [0.3, 0.4) is 0 Å². The molecule has 9 heteroatoms. The molecule has 3 heterocycles. The smallest absolute Gasteiger partial charge is 0.251 e. The number of para-hydroxylation sites is 2. The lowest BCUT2D eigenvalue weighted by Gasteiger charge is -2.40. The number of alkyl halides is 1. The van der Waals surface area contributed by atoms with E-state index in [-0.39, 0.29) is 47.5 Å². The normalized spacial score (nSPS) is 26.5. The van der Waals surface area contributed by atoms with Crippen molar-refractivity contribution in [1.82, 2.24) is 4.90 Å². The molecule has 3 fully saturated rings. The van der Waals surface area contributed by atoms with Gasteiger partial charge in [-0.1, -0.05) is 94.8 Å². The predicted octanol–water partition coefficient (Wildman–Crippen LogP) is 6.24. The molecule has 1 spiro atoms. The lowest BCUT2D eigenvalue weighted by atomic mass is 9.70. The molecule has 3 aliphatic heterocycles. The molecule has 3 aromatic carbocycles. The zero-order valence-electron chi connectivity index (χ0n) is 26.7. The molecule has 7 atom stereocenters. The molecular formula is C38H40BrN3O4S. The average Bonchev–Trinajstić information content (AvgIpc) is 3.67. The van der Waals surface area contributed by atoms with E-state index in [1.165, 1.54) is 0 Å². The van der Waals surface area contributed by atoms with Gasteiger partial charge in [-0.3, -0.25) is 14.4 Å². The highest BCUT2D eigenvalue weighted by Crippen LogP contribution is 2.69. The number of rotatable bonds is 11. The van der Waals surface area contributed by atoms with Gasteiger partial charge in [0.1, 0.15) is 6.04 Å². The first-order chi connectivity index (χ1) is 22.7. The van der Waals surface area contributed by atoms with Crippen LogP contribution in [0, 0.1) is 25.7 Å². The Balaban J connectivity index is 1.52. The number of aryl methyl sites for hydroxylation is 2. The minimum Gasteiger partial charge on any atom is -0.394 e. The Hall–Kier alpha value is -3.66. The Morgan fingerprint density at radius 3 is 2.15 bits per heavy atom. The predicted molar refractivity (Wildman–Crippen MR) is 193 cm³/mol. The summed E-state index contributed by atoms with van der Waals surface area (Å²) in [7, 11) is 0. The summed E-state index contributed by atoms with van der Waals surface area (Å²) < 4.78 is -0.901. The number of hydrogen-bond acceptors (Lipinski definition) is 5. The van der Waals surface area contributed by atoms with Crippen LogP contribution in [0.1, 0.15) is 29.2 Å². The first-order valence-corrected chi connectivity index (χ1v) is 17.7. The molecule has 2 bridgehead atoms. The summed E-state index contributed by atoms with van der Waals surface area (Å²) in [6.07, 6.45) is 3.92. The third-order valence-electron chi connectivity index (χ3n) is 9.87. The molecule has 0 radical (unpaired) electrons. The van der Waals surface area contributed by atoms with Crippen LogP contribution in [0.5, 0.6) is 0 Å². The second-order valence-electron chi connectivity index (χ2n) is 12.6. The first-order valence-electron chi connectivity index (χ1n) is 16.0. The summed E-state index contributed by atoms with van der Waals surface area (Å²) in [6.45, 7) is 12.0. The van der Waals surface area contributed by atoms with Gasteiger partial charge in [-0.25, -0.2) is 0 Å². The maximum absolute atomic E-state index is 15.3. The molecule has 47 heavy (non-hydrogen) atoms. The van der Waals surface area contributed by atoms with Crippen LogP contribution < -0.4 is 9.80 Å². The zero-order chi connectivity index (χ0) is 33.5. The molecule has 7 nitrogen and oxygen atoms in total. The molecule has 0 saturated carbocycles. The summed E-state index contributed by atoms with van der Waals surface area (Å²) >= 11 is 5.49. The van der Waals surface area contributed by atoms with Crippen LogP contribution in [0.15, 0.2) is 104 Å². The van der Waals surface area contributed by atoms with Crippen molar-refractivity contribution in [2.45, 2.75) is 47.2 Å². The Labute approximate surface area is 289 Å². The van der Waals surface area contributed by atoms with Gasteiger partial charge in [-0.15, -0.1) is 24.9 Å². The topological polar surface area (TPSA) is 81.2 Å². The number of carbonyl (C=O) groups excluding carboxylic acids is 3. The SMILES string of the molecule is C=CCN(C(=O)[C@H]1[C@H]2C(=O)N([C@H](CO)c3ccccc3)C(C(=O)N(CC=C)c3c(C)cccc3C)C23CC(Br)[C@@H]1S3)c1ccccc1. The number of fused-ring (bicyclic) bond motifs is 1. The van der Waals surface area contributed by atoms with Gasteiger partial charge >= 0.3 is 0 Å². The summed E-state index contributed by atoms with van der Waals surface area (Å²) in [5.74, 6) is -2.12. The molecule has 3 saturated heterocycles. The van der Waals surface area contributed by atoms with E-state index in [9.17, 15) is 9.90 Å². The fourth-order valence-corrected chi connectivity index (χ4v) is 11.6. The van der Waals surface area contributed by atoms with E-state index in [1.54, 1.807) is 38.6 Å². The summed E-state index contributed by atoms with van der Waals surface area (Å²) in [6, 6.07) is 23.0. The Morgan fingerprint density at radius 2 is 1.55 bits per heavy atom. The number of nitrogens with zero attached hydrogens (tertiary/aromatic N) is 3. The first kappa shape index (κ1) is 33.2. The van der Waals surface area contributed by atoms with Crippen molar-refractivity contribution in [3.05, 3.63) is 121 Å². The lowest BCUT2D eigenvalue weighted by molar-refractivity contribution is -0.142. The highest BCUT2D eigenvalue weighted by molar-refractivity contribution is 9.09. The standard InChI is InChI=1S/C38H40BrN3O4S/c1-5-20-40(27-18-11-8-12-19-27)35(44)30-31-36(45)42(29(23-43)26-16-9-7-10-17-26)34(38(31)22-28(39)33(30)47-38)37(46)41(21-6-2)32-24(3)14-13-15-25(32)4/h5-19,28-31,33-34,43H,1-2,20-23H2,3-4H3/t28?,29-,30+,31+,33+,34?,38?/m1/s1. The van der Waals surface area contributed by atoms with Crippen LogP contribution in [0.4, 0.5) is 11.4 Å². The number of anilines is 2. The van der Waals surface area contributed by atoms with Gasteiger partial charge in [0.2, 0.25) is 11.8 Å². The van der Waals surface area contributed by atoms with Gasteiger partial charge in [0, 0.05) is 34.5 Å². The van der Waals surface area contributed by atoms with Crippen molar-refractivity contribution in [2.75, 3.05) is 29.5 Å². The second-order valence-corrected chi connectivity index (χ2v) is 15.3. The van der Waals surface area contributed by atoms with E-state index in [1.807, 2.05) is 92.7 Å². The van der Waals surface area contributed by atoms with Gasteiger partial charge < -0.3 is 19.8 Å². The van der Waals surface area contributed by atoms with Gasteiger partial charge in [-0.2, -0.15) is 0 Å². The molecule has 0 aliphatic carbocycles. The average molecular weight is 715 g/mol. The van der Waals surface area contributed by atoms with E-state index in [2.05, 4.69) is 29.1 Å². The summed E-state index contributed by atoms with van der Waals surface area (Å²) in [4.78, 5) is 50.0. The molecule has 6 rings (SSSR count). The summed E-state index contributed by atoms with van der Waals surface area (Å²) in [5.41, 5.74) is 4.11. The molecular weight excluding hydrogens is 674 g/mol. The lowest BCUT2D eigenvalue weighted by Crippen LogP contribution is -2.57. The molecule has 3 amide bonds. The van der Waals surface area contributed by atoms with Gasteiger partial charge in [0.25, 0.3) is 5.91 Å².